The molecule has 2 atom stereocenters. The van der Waals surface area contributed by atoms with Gasteiger partial charge in [-0.15, -0.1) is 0 Å². The normalized spacial score (nSPS) is 21.5. The topological polar surface area (TPSA) is 47.2 Å². The third kappa shape index (κ3) is 3.11. The number of carbonyl (C=O) groups excluding carboxylic acids is 1. The first-order valence-corrected chi connectivity index (χ1v) is 9.63. The highest BCUT2D eigenvalue weighted by Crippen LogP contribution is 2.35. The first-order chi connectivity index (χ1) is 12.5. The van der Waals surface area contributed by atoms with Crippen LogP contribution < -0.4 is 5.56 Å². The van der Waals surface area contributed by atoms with Gasteiger partial charge < -0.3 is 14.0 Å². The smallest absolute Gasteiger partial charge is 0.250 e. The number of aromatic nitrogens is 2. The van der Waals surface area contributed by atoms with Crippen LogP contribution in [0.3, 0.4) is 0 Å². The molecule has 2 aromatic rings. The Morgan fingerprint density at radius 3 is 2.62 bits per heavy atom. The van der Waals surface area contributed by atoms with Crippen LogP contribution in [0.25, 0.3) is 0 Å². The number of piperidine rings is 1. The van der Waals surface area contributed by atoms with Gasteiger partial charge in [-0.05, 0) is 50.8 Å². The van der Waals surface area contributed by atoms with Gasteiger partial charge in [-0.2, -0.15) is 0 Å². The van der Waals surface area contributed by atoms with Crippen molar-refractivity contribution in [3.63, 3.8) is 0 Å². The number of fused-ring (bicyclic) bond motifs is 4. The van der Waals surface area contributed by atoms with Crippen molar-refractivity contribution in [2.24, 2.45) is 5.92 Å². The lowest BCUT2D eigenvalue weighted by molar-refractivity contribution is -0.134. The summed E-state index contributed by atoms with van der Waals surface area (Å²) in [5.74, 6) is 0.961. The lowest BCUT2D eigenvalue weighted by Gasteiger charge is -2.42. The number of carbonyl (C=O) groups is 1. The van der Waals surface area contributed by atoms with E-state index in [9.17, 15) is 9.59 Å². The third-order valence-corrected chi connectivity index (χ3v) is 6.02. The fourth-order valence-electron chi connectivity index (χ4n) is 4.70. The maximum Gasteiger partial charge on any atom is 0.250 e. The van der Waals surface area contributed by atoms with Crippen LogP contribution in [-0.2, 0) is 17.9 Å². The molecule has 2 aliphatic heterocycles. The molecule has 2 bridgehead atoms. The molecule has 1 saturated heterocycles. The molecule has 0 aliphatic carbocycles. The Morgan fingerprint density at radius 1 is 1.08 bits per heavy atom. The molecule has 0 spiro atoms. The second-order valence-electron chi connectivity index (χ2n) is 7.87. The van der Waals surface area contributed by atoms with Crippen molar-refractivity contribution in [2.45, 2.75) is 52.1 Å². The van der Waals surface area contributed by atoms with Crippen molar-refractivity contribution in [1.29, 1.82) is 0 Å². The second-order valence-corrected chi connectivity index (χ2v) is 7.87. The molecule has 0 saturated carbocycles. The lowest BCUT2D eigenvalue weighted by atomic mass is 9.83. The Hall–Kier alpha value is -2.30. The summed E-state index contributed by atoms with van der Waals surface area (Å²) in [6, 6.07) is 9.79. The Kier molecular flexibility index (Phi) is 4.47. The Bertz CT molecular complexity index is 860. The number of likely N-dealkylation sites (tertiary alicyclic amines) is 1. The quantitative estimate of drug-likeness (QED) is 0.848. The maximum atomic E-state index is 12.8. The highest BCUT2D eigenvalue weighted by Gasteiger charge is 2.35. The van der Waals surface area contributed by atoms with Gasteiger partial charge in [0.2, 0.25) is 5.91 Å². The van der Waals surface area contributed by atoms with Gasteiger partial charge in [-0.1, -0.05) is 6.07 Å². The van der Waals surface area contributed by atoms with Crippen LogP contribution in [0.5, 0.6) is 0 Å². The second kappa shape index (κ2) is 6.78. The van der Waals surface area contributed by atoms with Gasteiger partial charge in [0.1, 0.15) is 0 Å². The number of hydrogen-bond donors (Lipinski definition) is 0. The van der Waals surface area contributed by atoms with E-state index in [-0.39, 0.29) is 11.5 Å². The molecular weight excluding hydrogens is 326 g/mol. The first-order valence-electron chi connectivity index (χ1n) is 9.63. The molecule has 0 N–H and O–H groups in total. The largest absolute Gasteiger partial charge is 0.349 e. The average Bonchev–Trinajstić information content (AvgIpc) is 2.94. The van der Waals surface area contributed by atoms with Gasteiger partial charge in [0.05, 0.1) is 0 Å². The van der Waals surface area contributed by atoms with E-state index in [1.807, 2.05) is 21.6 Å². The molecule has 4 rings (SSSR count). The highest BCUT2D eigenvalue weighted by atomic mass is 16.2. The number of aryl methyl sites for hydroxylation is 2. The van der Waals surface area contributed by atoms with Crippen LogP contribution in [0.4, 0.5) is 0 Å². The van der Waals surface area contributed by atoms with Gasteiger partial charge in [0.25, 0.3) is 5.56 Å². The summed E-state index contributed by atoms with van der Waals surface area (Å²) in [5.41, 5.74) is 3.70. The van der Waals surface area contributed by atoms with Crippen molar-refractivity contribution in [3.05, 3.63) is 57.8 Å². The zero-order chi connectivity index (χ0) is 18.3. The van der Waals surface area contributed by atoms with Gasteiger partial charge >= 0.3 is 0 Å². The molecule has 138 valence electrons. The lowest BCUT2D eigenvalue weighted by Crippen LogP contribution is -2.49. The zero-order valence-electron chi connectivity index (χ0n) is 15.6. The van der Waals surface area contributed by atoms with E-state index >= 15 is 0 Å². The van der Waals surface area contributed by atoms with Crippen LogP contribution >= 0.6 is 0 Å². The van der Waals surface area contributed by atoms with E-state index in [0.717, 1.165) is 44.7 Å². The highest BCUT2D eigenvalue weighted by molar-refractivity contribution is 5.76. The molecule has 5 heteroatoms. The van der Waals surface area contributed by atoms with Crippen molar-refractivity contribution >= 4 is 5.91 Å². The van der Waals surface area contributed by atoms with Crippen LogP contribution in [-0.4, -0.2) is 33.0 Å². The van der Waals surface area contributed by atoms with Crippen LogP contribution in [0.1, 0.15) is 42.3 Å². The SMILES string of the molecule is Cc1ccc(C)n1CCCC(=O)N1CC2CC(C1)c1cccc(=O)n1C2. The summed E-state index contributed by atoms with van der Waals surface area (Å²) in [6.07, 6.45) is 2.56. The zero-order valence-corrected chi connectivity index (χ0v) is 15.6. The van der Waals surface area contributed by atoms with Crippen molar-refractivity contribution in [2.75, 3.05) is 13.1 Å². The van der Waals surface area contributed by atoms with Crippen LogP contribution in [0.2, 0.25) is 0 Å². The minimum absolute atomic E-state index is 0.0921. The number of amides is 1. The minimum atomic E-state index is 0.0921. The summed E-state index contributed by atoms with van der Waals surface area (Å²) < 4.78 is 4.19. The summed E-state index contributed by atoms with van der Waals surface area (Å²) in [7, 11) is 0. The first kappa shape index (κ1) is 17.1. The predicted octanol–water partition coefficient (Wildman–Crippen LogP) is 2.69. The fourth-order valence-corrected chi connectivity index (χ4v) is 4.70. The van der Waals surface area contributed by atoms with E-state index in [4.69, 9.17) is 0 Å². The molecule has 2 unspecified atom stereocenters. The molecule has 0 aromatic carbocycles. The number of hydrogen-bond acceptors (Lipinski definition) is 2. The Labute approximate surface area is 154 Å². The van der Waals surface area contributed by atoms with E-state index in [1.54, 1.807) is 6.07 Å². The monoisotopic (exact) mass is 353 g/mol. The number of nitrogens with zero attached hydrogens (tertiary/aromatic N) is 3. The maximum absolute atomic E-state index is 12.8. The Morgan fingerprint density at radius 2 is 1.85 bits per heavy atom. The standard InChI is InChI=1S/C21H27N3O2/c1-15-8-9-16(2)23(15)10-4-7-20(25)22-12-17-11-18(14-22)19-5-3-6-21(26)24(19)13-17/h3,5-6,8-9,17-18H,4,7,10-14H2,1-2H3. The predicted molar refractivity (Wildman–Crippen MR) is 101 cm³/mol. The van der Waals surface area contributed by atoms with Gasteiger partial charge in [0.15, 0.2) is 0 Å². The average molecular weight is 353 g/mol. The molecule has 0 radical (unpaired) electrons. The molecule has 2 aliphatic rings. The molecule has 26 heavy (non-hydrogen) atoms. The van der Waals surface area contributed by atoms with Crippen molar-refractivity contribution < 1.29 is 4.79 Å². The molecule has 4 heterocycles. The van der Waals surface area contributed by atoms with Crippen molar-refractivity contribution in [3.8, 4) is 0 Å². The minimum Gasteiger partial charge on any atom is -0.349 e. The van der Waals surface area contributed by atoms with Gasteiger partial charge in [-0.25, -0.2) is 0 Å². The Balaban J connectivity index is 1.39. The fraction of sp³-hybridized carbons (Fsp3) is 0.524. The third-order valence-electron chi connectivity index (χ3n) is 6.02. The van der Waals surface area contributed by atoms with E-state index < -0.39 is 0 Å². The number of rotatable bonds is 4. The van der Waals surface area contributed by atoms with Crippen molar-refractivity contribution in [1.82, 2.24) is 14.0 Å². The molecule has 1 fully saturated rings. The number of pyridine rings is 1. The summed E-state index contributed by atoms with van der Waals surface area (Å²) >= 11 is 0. The summed E-state index contributed by atoms with van der Waals surface area (Å²) in [4.78, 5) is 26.9. The van der Waals surface area contributed by atoms with Crippen LogP contribution in [0.15, 0.2) is 35.1 Å². The molecular formula is C21H27N3O2. The van der Waals surface area contributed by atoms with Crippen LogP contribution in [0, 0.1) is 19.8 Å². The van der Waals surface area contributed by atoms with E-state index in [1.165, 1.54) is 11.4 Å². The molecule has 5 nitrogen and oxygen atoms in total. The van der Waals surface area contributed by atoms with Gasteiger partial charge in [0, 0.05) is 61.7 Å². The summed E-state index contributed by atoms with van der Waals surface area (Å²) in [6.45, 7) is 7.41. The van der Waals surface area contributed by atoms with Gasteiger partial charge in [-0.3, -0.25) is 9.59 Å². The molecule has 1 amide bonds. The van der Waals surface area contributed by atoms with E-state index in [0.29, 0.717) is 18.3 Å². The summed E-state index contributed by atoms with van der Waals surface area (Å²) in [5, 5.41) is 0. The molecule has 2 aromatic heterocycles. The van der Waals surface area contributed by atoms with E-state index in [2.05, 4.69) is 30.5 Å².